The Labute approximate surface area is 156 Å². The molecule has 26 heavy (non-hydrogen) atoms. The first-order valence-corrected chi connectivity index (χ1v) is 8.35. The normalized spacial score (nSPS) is 12.8. The van der Waals surface area contributed by atoms with Crippen molar-refractivity contribution in [2.24, 2.45) is 11.7 Å². The third kappa shape index (κ3) is 7.10. The summed E-state index contributed by atoms with van der Waals surface area (Å²) < 4.78 is 5.04. The number of amides is 4. The zero-order valence-corrected chi connectivity index (χ0v) is 15.5. The maximum Gasteiger partial charge on any atom is 0.329 e. The molecule has 0 aliphatic rings. The topological polar surface area (TPSA) is 128 Å². The van der Waals surface area contributed by atoms with Crippen LogP contribution in [0.5, 0.6) is 0 Å². The molecule has 1 aromatic carbocycles. The van der Waals surface area contributed by atoms with Gasteiger partial charge in [-0.15, -0.1) is 0 Å². The largest absolute Gasteiger partial charge is 0.451 e. The standard InChI is InChI=1S/C17H22ClN3O5/c1-9(2)8-13(16(24)26-10(3)14(22)21-17(19)25)20-15(23)11-4-6-12(18)7-5-11/h4-7,9-10,13H,8H2,1-3H3,(H,20,23)(H3,19,21,22,25)/t10-,13-/m0/s1. The van der Waals surface area contributed by atoms with Crippen LogP contribution in [0, 0.1) is 5.92 Å². The van der Waals surface area contributed by atoms with E-state index in [1.165, 1.54) is 19.1 Å². The van der Waals surface area contributed by atoms with E-state index in [2.05, 4.69) is 5.32 Å². The van der Waals surface area contributed by atoms with Gasteiger partial charge in [-0.2, -0.15) is 0 Å². The number of imide groups is 1. The number of carbonyl (C=O) groups excluding carboxylic acids is 4. The molecule has 4 N–H and O–H groups in total. The summed E-state index contributed by atoms with van der Waals surface area (Å²) in [7, 11) is 0. The molecule has 9 heteroatoms. The molecule has 0 saturated heterocycles. The number of nitrogens with two attached hydrogens (primary N) is 1. The summed E-state index contributed by atoms with van der Waals surface area (Å²) in [5.74, 6) is -2.03. The number of primary amides is 1. The molecule has 0 aromatic heterocycles. The highest BCUT2D eigenvalue weighted by Gasteiger charge is 2.27. The van der Waals surface area contributed by atoms with Gasteiger partial charge in [-0.25, -0.2) is 9.59 Å². The Morgan fingerprint density at radius 2 is 1.69 bits per heavy atom. The molecule has 1 rings (SSSR count). The maximum atomic E-state index is 12.3. The summed E-state index contributed by atoms with van der Waals surface area (Å²) in [6.45, 7) is 5.04. The van der Waals surface area contributed by atoms with Crippen molar-refractivity contribution >= 4 is 35.4 Å². The monoisotopic (exact) mass is 383 g/mol. The van der Waals surface area contributed by atoms with Crippen molar-refractivity contribution < 1.29 is 23.9 Å². The van der Waals surface area contributed by atoms with E-state index < -0.39 is 36.0 Å². The van der Waals surface area contributed by atoms with Crippen LogP contribution in [-0.4, -0.2) is 36.0 Å². The van der Waals surface area contributed by atoms with Crippen molar-refractivity contribution in [2.75, 3.05) is 0 Å². The molecular formula is C17H22ClN3O5. The third-order valence-corrected chi connectivity index (χ3v) is 3.56. The van der Waals surface area contributed by atoms with Crippen LogP contribution in [0.2, 0.25) is 5.02 Å². The first-order valence-electron chi connectivity index (χ1n) is 7.97. The molecule has 0 bridgehead atoms. The van der Waals surface area contributed by atoms with Crippen molar-refractivity contribution in [1.29, 1.82) is 0 Å². The Bertz CT molecular complexity index is 675. The predicted octanol–water partition coefficient (Wildman–Crippen LogP) is 1.61. The lowest BCUT2D eigenvalue weighted by molar-refractivity contribution is -0.156. The summed E-state index contributed by atoms with van der Waals surface area (Å²) in [5, 5.41) is 4.89. The molecule has 0 aliphatic carbocycles. The first-order chi connectivity index (χ1) is 12.1. The molecule has 0 fully saturated rings. The van der Waals surface area contributed by atoms with Gasteiger partial charge in [-0.05, 0) is 43.5 Å². The first kappa shape index (κ1) is 21.4. The summed E-state index contributed by atoms with van der Waals surface area (Å²) in [4.78, 5) is 47.0. The van der Waals surface area contributed by atoms with Crippen LogP contribution in [0.25, 0.3) is 0 Å². The average Bonchev–Trinajstić information content (AvgIpc) is 2.53. The Morgan fingerprint density at radius 3 is 2.19 bits per heavy atom. The minimum atomic E-state index is -1.24. The molecule has 2 atom stereocenters. The molecule has 1 aromatic rings. The van der Waals surface area contributed by atoms with Gasteiger partial charge in [0.2, 0.25) is 0 Å². The highest BCUT2D eigenvalue weighted by atomic mass is 35.5. The SMILES string of the molecule is CC(C)C[C@H](NC(=O)c1ccc(Cl)cc1)C(=O)O[C@@H](C)C(=O)NC(N)=O. The van der Waals surface area contributed by atoms with Gasteiger partial charge in [0, 0.05) is 10.6 Å². The Hall–Kier alpha value is -2.61. The zero-order chi connectivity index (χ0) is 19.9. The fourth-order valence-electron chi connectivity index (χ4n) is 2.06. The van der Waals surface area contributed by atoms with Gasteiger partial charge >= 0.3 is 12.0 Å². The highest BCUT2D eigenvalue weighted by Crippen LogP contribution is 2.12. The Morgan fingerprint density at radius 1 is 1.12 bits per heavy atom. The molecular weight excluding hydrogens is 362 g/mol. The van der Waals surface area contributed by atoms with E-state index in [0.717, 1.165) is 0 Å². The maximum absolute atomic E-state index is 12.3. The van der Waals surface area contributed by atoms with Crippen LogP contribution >= 0.6 is 11.6 Å². The van der Waals surface area contributed by atoms with E-state index in [1.54, 1.807) is 12.1 Å². The second-order valence-corrected chi connectivity index (χ2v) is 6.53. The number of nitrogens with one attached hydrogen (secondary N) is 2. The van der Waals surface area contributed by atoms with Gasteiger partial charge in [-0.3, -0.25) is 14.9 Å². The third-order valence-electron chi connectivity index (χ3n) is 3.31. The minimum absolute atomic E-state index is 0.0767. The highest BCUT2D eigenvalue weighted by molar-refractivity contribution is 6.30. The average molecular weight is 384 g/mol. The number of rotatable bonds is 7. The number of halogens is 1. The minimum Gasteiger partial charge on any atom is -0.451 e. The smallest absolute Gasteiger partial charge is 0.329 e. The lowest BCUT2D eigenvalue weighted by Gasteiger charge is -2.21. The van der Waals surface area contributed by atoms with Crippen LogP contribution in [-0.2, 0) is 14.3 Å². The van der Waals surface area contributed by atoms with Crippen LogP contribution < -0.4 is 16.4 Å². The van der Waals surface area contributed by atoms with Crippen molar-refractivity contribution in [3.05, 3.63) is 34.9 Å². The molecule has 0 radical (unpaired) electrons. The quantitative estimate of drug-likeness (QED) is 0.616. The summed E-state index contributed by atoms with van der Waals surface area (Å²) >= 11 is 5.79. The second kappa shape index (κ2) is 9.76. The van der Waals surface area contributed by atoms with Crippen molar-refractivity contribution in [3.8, 4) is 0 Å². The number of urea groups is 1. The molecule has 0 heterocycles. The summed E-state index contributed by atoms with van der Waals surface area (Å²) in [6.07, 6.45) is -0.931. The molecule has 142 valence electrons. The van der Waals surface area contributed by atoms with Crippen LogP contribution in [0.4, 0.5) is 4.79 Å². The molecule has 0 unspecified atom stereocenters. The van der Waals surface area contributed by atoms with Crippen LogP contribution in [0.15, 0.2) is 24.3 Å². The summed E-state index contributed by atoms with van der Waals surface area (Å²) in [6, 6.07) is 4.16. The van der Waals surface area contributed by atoms with Crippen LogP contribution in [0.1, 0.15) is 37.6 Å². The number of hydrogen-bond acceptors (Lipinski definition) is 5. The number of esters is 1. The molecule has 0 aliphatic heterocycles. The zero-order valence-electron chi connectivity index (χ0n) is 14.7. The van der Waals surface area contributed by atoms with Gasteiger partial charge in [0.05, 0.1) is 0 Å². The van der Waals surface area contributed by atoms with E-state index in [-0.39, 0.29) is 5.92 Å². The molecule has 8 nitrogen and oxygen atoms in total. The predicted molar refractivity (Wildman–Crippen MR) is 95.4 cm³/mol. The molecule has 4 amide bonds. The van der Waals surface area contributed by atoms with Gasteiger partial charge in [0.15, 0.2) is 6.10 Å². The molecule has 0 spiro atoms. The number of carbonyl (C=O) groups is 4. The van der Waals surface area contributed by atoms with Crippen LogP contribution in [0.3, 0.4) is 0 Å². The number of benzene rings is 1. The van der Waals surface area contributed by atoms with Gasteiger partial charge in [0.1, 0.15) is 6.04 Å². The van der Waals surface area contributed by atoms with Gasteiger partial charge in [-0.1, -0.05) is 25.4 Å². The second-order valence-electron chi connectivity index (χ2n) is 6.10. The van der Waals surface area contributed by atoms with Gasteiger partial charge < -0.3 is 15.8 Å². The van der Waals surface area contributed by atoms with E-state index in [9.17, 15) is 19.2 Å². The fourth-order valence-corrected chi connectivity index (χ4v) is 2.19. The van der Waals surface area contributed by atoms with Crippen molar-refractivity contribution in [2.45, 2.75) is 39.3 Å². The van der Waals surface area contributed by atoms with E-state index >= 15 is 0 Å². The Kier molecular flexibility index (Phi) is 8.05. The van der Waals surface area contributed by atoms with E-state index in [1.807, 2.05) is 19.2 Å². The van der Waals surface area contributed by atoms with Gasteiger partial charge in [0.25, 0.3) is 11.8 Å². The summed E-state index contributed by atoms with van der Waals surface area (Å²) in [5.41, 5.74) is 5.18. The van der Waals surface area contributed by atoms with E-state index in [0.29, 0.717) is 17.0 Å². The Balaban J connectivity index is 2.80. The van der Waals surface area contributed by atoms with E-state index in [4.69, 9.17) is 22.1 Å². The number of ether oxygens (including phenoxy) is 1. The number of hydrogen-bond donors (Lipinski definition) is 3. The van der Waals surface area contributed by atoms with Crippen molar-refractivity contribution in [1.82, 2.24) is 10.6 Å². The lowest BCUT2D eigenvalue weighted by atomic mass is 10.0. The van der Waals surface area contributed by atoms with Crippen molar-refractivity contribution in [3.63, 3.8) is 0 Å². The molecule has 0 saturated carbocycles. The lowest BCUT2D eigenvalue weighted by Crippen LogP contribution is -2.47. The fraction of sp³-hybridized carbons (Fsp3) is 0.412.